The van der Waals surface area contributed by atoms with E-state index >= 15 is 8.78 Å². The van der Waals surface area contributed by atoms with Gasteiger partial charge in [-0.05, 0) is 53.1 Å². The lowest BCUT2D eigenvalue weighted by atomic mass is 9.97. The van der Waals surface area contributed by atoms with Crippen molar-refractivity contribution >= 4 is 17.9 Å². The van der Waals surface area contributed by atoms with Gasteiger partial charge in [-0.1, -0.05) is 68.0 Å². The van der Waals surface area contributed by atoms with Gasteiger partial charge in [0.15, 0.2) is 11.6 Å². The summed E-state index contributed by atoms with van der Waals surface area (Å²) in [5.74, 6) is 1.04. The van der Waals surface area contributed by atoms with Crippen LogP contribution in [0.4, 0.5) is 8.78 Å². The summed E-state index contributed by atoms with van der Waals surface area (Å²) in [6, 6.07) is 20.3. The molecule has 0 atom stereocenters. The lowest BCUT2D eigenvalue weighted by Crippen LogP contribution is -2.07. The van der Waals surface area contributed by atoms with Crippen LogP contribution < -0.4 is 14.2 Å². The van der Waals surface area contributed by atoms with Gasteiger partial charge in [0.2, 0.25) is 0 Å². The van der Waals surface area contributed by atoms with Gasteiger partial charge in [0.25, 0.3) is 0 Å². The molecule has 0 amide bonds. The maximum absolute atomic E-state index is 15.5. The minimum absolute atomic E-state index is 0.243. The molecular formula is C35H22F2O6. The van der Waals surface area contributed by atoms with E-state index in [0.29, 0.717) is 11.3 Å². The van der Waals surface area contributed by atoms with Crippen LogP contribution in [0.3, 0.4) is 0 Å². The van der Waals surface area contributed by atoms with Gasteiger partial charge in [0.05, 0.1) is 11.1 Å². The average Bonchev–Trinajstić information content (AvgIpc) is 3.03. The number of halogens is 2. The van der Waals surface area contributed by atoms with Gasteiger partial charge in [0, 0.05) is 29.9 Å². The van der Waals surface area contributed by atoms with Crippen LogP contribution >= 0.6 is 0 Å². The van der Waals surface area contributed by atoms with Gasteiger partial charge in [0.1, 0.15) is 17.2 Å². The van der Waals surface area contributed by atoms with Crippen molar-refractivity contribution in [3.8, 4) is 51.3 Å². The lowest BCUT2D eigenvalue weighted by molar-refractivity contribution is -0.129. The Balaban J connectivity index is 1.66. The summed E-state index contributed by atoms with van der Waals surface area (Å²) >= 11 is 0. The molecule has 0 saturated heterocycles. The van der Waals surface area contributed by atoms with E-state index in [1.807, 2.05) is 0 Å². The smallest absolute Gasteiger partial charge is 0.335 e. The van der Waals surface area contributed by atoms with Gasteiger partial charge in [-0.25, -0.2) is 23.2 Å². The second-order valence-electron chi connectivity index (χ2n) is 8.68. The van der Waals surface area contributed by atoms with Crippen molar-refractivity contribution in [2.75, 3.05) is 0 Å². The maximum atomic E-state index is 15.5. The molecule has 0 aliphatic rings. The van der Waals surface area contributed by atoms with Crippen LogP contribution in [-0.2, 0) is 14.4 Å². The van der Waals surface area contributed by atoms with E-state index in [1.165, 1.54) is 24.3 Å². The number of benzene rings is 4. The topological polar surface area (TPSA) is 78.9 Å². The number of hydrogen-bond acceptors (Lipinski definition) is 6. The zero-order valence-corrected chi connectivity index (χ0v) is 22.6. The zero-order valence-electron chi connectivity index (χ0n) is 22.6. The second kappa shape index (κ2) is 13.5. The van der Waals surface area contributed by atoms with Crippen molar-refractivity contribution in [1.29, 1.82) is 0 Å². The molecule has 43 heavy (non-hydrogen) atoms. The number of hydrogen-bond donors (Lipinski definition) is 0. The van der Waals surface area contributed by atoms with E-state index in [-0.39, 0.29) is 28.2 Å². The number of esters is 3. The predicted octanol–water partition coefficient (Wildman–Crippen LogP) is 6.97. The van der Waals surface area contributed by atoms with E-state index < -0.39 is 29.5 Å². The van der Waals surface area contributed by atoms with Gasteiger partial charge >= 0.3 is 17.9 Å². The fourth-order valence-electron chi connectivity index (χ4n) is 3.80. The SMILES string of the molecule is C=CC(=O)Oc1ccc(C#Cc2cc(OC(=O)C=C)c(-c3ccc(-c4ccc(OC(=O)C=C)cc4)cc3)c(F)c2F)cc1. The summed E-state index contributed by atoms with van der Waals surface area (Å²) in [5, 5.41) is 0. The molecule has 4 aromatic rings. The monoisotopic (exact) mass is 576 g/mol. The van der Waals surface area contributed by atoms with Crippen LogP contribution in [-0.4, -0.2) is 17.9 Å². The molecule has 0 radical (unpaired) electrons. The molecule has 4 rings (SSSR count). The Morgan fingerprint density at radius 3 is 1.53 bits per heavy atom. The second-order valence-corrected chi connectivity index (χ2v) is 8.68. The largest absolute Gasteiger partial charge is 0.423 e. The number of rotatable bonds is 8. The first-order chi connectivity index (χ1) is 20.7. The van der Waals surface area contributed by atoms with E-state index in [0.717, 1.165) is 35.4 Å². The molecule has 4 aromatic carbocycles. The molecule has 0 aliphatic carbocycles. The highest BCUT2D eigenvalue weighted by atomic mass is 19.2. The summed E-state index contributed by atoms with van der Waals surface area (Å²) in [5.41, 5.74) is 1.56. The molecule has 212 valence electrons. The molecule has 8 heteroatoms. The highest BCUT2D eigenvalue weighted by Gasteiger charge is 2.22. The lowest BCUT2D eigenvalue weighted by Gasteiger charge is -2.13. The van der Waals surface area contributed by atoms with Crippen molar-refractivity contribution in [2.45, 2.75) is 0 Å². The maximum Gasteiger partial charge on any atom is 0.335 e. The minimum atomic E-state index is -1.26. The Kier molecular flexibility index (Phi) is 9.41. The van der Waals surface area contributed by atoms with Gasteiger partial charge in [-0.2, -0.15) is 0 Å². The highest BCUT2D eigenvalue weighted by molar-refractivity contribution is 5.86. The Hall–Kier alpha value is -6.07. The van der Waals surface area contributed by atoms with Crippen LogP contribution in [0.25, 0.3) is 22.3 Å². The van der Waals surface area contributed by atoms with E-state index in [1.54, 1.807) is 48.5 Å². The first-order valence-electron chi connectivity index (χ1n) is 12.6. The predicted molar refractivity (Wildman–Crippen MR) is 157 cm³/mol. The first kappa shape index (κ1) is 29.9. The molecule has 0 heterocycles. The molecule has 0 bridgehead atoms. The summed E-state index contributed by atoms with van der Waals surface area (Å²) in [6.45, 7) is 10.0. The third-order valence-corrected chi connectivity index (χ3v) is 5.87. The fourth-order valence-corrected chi connectivity index (χ4v) is 3.80. The molecule has 0 spiro atoms. The first-order valence-corrected chi connectivity index (χ1v) is 12.6. The summed E-state index contributed by atoms with van der Waals surface area (Å²) in [4.78, 5) is 34.8. The number of carbonyl (C=O) groups excluding carboxylic acids is 3. The highest BCUT2D eigenvalue weighted by Crippen LogP contribution is 2.37. The molecular weight excluding hydrogens is 554 g/mol. The van der Waals surface area contributed by atoms with Crippen molar-refractivity contribution in [1.82, 2.24) is 0 Å². The molecule has 0 fully saturated rings. The van der Waals surface area contributed by atoms with Gasteiger partial charge < -0.3 is 14.2 Å². The number of ether oxygens (including phenoxy) is 3. The molecule has 6 nitrogen and oxygen atoms in total. The van der Waals surface area contributed by atoms with Crippen molar-refractivity contribution in [2.24, 2.45) is 0 Å². The van der Waals surface area contributed by atoms with Crippen LogP contribution in [0.5, 0.6) is 17.2 Å². The molecule has 0 unspecified atom stereocenters. The molecule has 0 saturated carbocycles. The zero-order chi connectivity index (χ0) is 30.9. The summed E-state index contributed by atoms with van der Waals surface area (Å²) < 4.78 is 46.1. The Labute approximate surface area is 246 Å². The third-order valence-electron chi connectivity index (χ3n) is 5.87. The van der Waals surface area contributed by atoms with Gasteiger partial charge in [-0.15, -0.1) is 0 Å². The Morgan fingerprint density at radius 2 is 1.02 bits per heavy atom. The molecule has 0 N–H and O–H groups in total. The molecule has 0 aliphatic heterocycles. The van der Waals surface area contributed by atoms with Crippen LogP contribution in [0.2, 0.25) is 0 Å². The van der Waals surface area contributed by atoms with E-state index in [2.05, 4.69) is 31.6 Å². The summed E-state index contributed by atoms with van der Waals surface area (Å²) in [6.07, 6.45) is 2.97. The normalized spacial score (nSPS) is 10.0. The summed E-state index contributed by atoms with van der Waals surface area (Å²) in [7, 11) is 0. The van der Waals surface area contributed by atoms with E-state index in [9.17, 15) is 14.4 Å². The van der Waals surface area contributed by atoms with Crippen molar-refractivity contribution < 1.29 is 37.4 Å². The van der Waals surface area contributed by atoms with Gasteiger partial charge in [-0.3, -0.25) is 0 Å². The van der Waals surface area contributed by atoms with Crippen molar-refractivity contribution in [3.05, 3.63) is 140 Å². The fraction of sp³-hybridized carbons (Fsp3) is 0. The average molecular weight is 577 g/mol. The van der Waals surface area contributed by atoms with Crippen LogP contribution in [0, 0.1) is 23.5 Å². The van der Waals surface area contributed by atoms with E-state index in [4.69, 9.17) is 14.2 Å². The third kappa shape index (κ3) is 7.37. The standard InChI is InChI=1S/C35H22F2O6/c1-4-30(38)41-27-17-8-22(9-18-27)7-10-26-21-29(43-32(40)6-3)33(35(37)34(26)36)25-13-11-23(12-14-25)24-15-19-28(20-16-24)42-31(39)5-2/h4-6,8-9,11-21H,1-3H2. The minimum Gasteiger partial charge on any atom is -0.423 e. The Morgan fingerprint density at radius 1 is 0.581 bits per heavy atom. The Bertz CT molecular complexity index is 1790. The molecule has 0 aromatic heterocycles. The quantitative estimate of drug-likeness (QED) is 0.0976. The number of carbonyl (C=O) groups is 3. The van der Waals surface area contributed by atoms with Crippen LogP contribution in [0.1, 0.15) is 11.1 Å². The van der Waals surface area contributed by atoms with Crippen LogP contribution in [0.15, 0.2) is 117 Å². The van der Waals surface area contributed by atoms with Crippen molar-refractivity contribution in [3.63, 3.8) is 0 Å².